The second-order valence-electron chi connectivity index (χ2n) is 9.89. The number of rotatable bonds is 8. The number of para-hydroxylation sites is 2. The van der Waals surface area contributed by atoms with Crippen molar-refractivity contribution < 1.29 is 13.9 Å². The molecular weight excluding hydrogens is 542 g/mol. The minimum atomic E-state index is -3.31. The molecule has 0 amide bonds. The summed E-state index contributed by atoms with van der Waals surface area (Å²) >= 11 is 0. The molecule has 5 heteroatoms. The van der Waals surface area contributed by atoms with Gasteiger partial charge in [0.05, 0.1) is 10.6 Å². The zero-order valence-electron chi connectivity index (χ0n) is 22.5. The molecule has 0 aliphatic heterocycles. The van der Waals surface area contributed by atoms with Gasteiger partial charge in [0.1, 0.15) is 11.5 Å². The minimum Gasteiger partial charge on any atom is -0.456 e. The average molecular weight is 573 g/mol. The maximum atomic E-state index is 15.3. The number of allylic oxidation sites excluding steroid dienone is 4. The molecule has 0 bridgehead atoms. The van der Waals surface area contributed by atoms with Crippen LogP contribution in [0.5, 0.6) is 11.5 Å². The third-order valence-corrected chi connectivity index (χ3v) is 13.7. The van der Waals surface area contributed by atoms with Crippen LogP contribution in [0.2, 0.25) is 0 Å². The van der Waals surface area contributed by atoms with Gasteiger partial charge >= 0.3 is 0 Å². The van der Waals surface area contributed by atoms with Crippen LogP contribution in [0.3, 0.4) is 0 Å². The van der Waals surface area contributed by atoms with Crippen molar-refractivity contribution in [1.29, 1.82) is 0 Å². The highest BCUT2D eigenvalue weighted by molar-refractivity contribution is 7.85. The first-order valence-corrected chi connectivity index (χ1v) is 17.1. The Balaban J connectivity index is 1.53. The standard InChI is InChI=1S/C36H30O3P2/c37-40(29-17-5-1-6-18-29,30-19-7-2-8-20-30)35-27-15-13-25-33(35)39-34-26-14-16-28-36(34)41(38,31-21-9-3-10-22-31)32-23-11-4-12-24-32/h1-11,13-23,25-28H,12,24H2. The summed E-state index contributed by atoms with van der Waals surface area (Å²) in [6.45, 7) is 0. The Kier molecular flexibility index (Phi) is 7.75. The lowest BCUT2D eigenvalue weighted by Crippen LogP contribution is -2.26. The first kappa shape index (κ1) is 27.0. The molecule has 0 saturated heterocycles. The minimum absolute atomic E-state index is 0.480. The molecule has 0 aromatic heterocycles. The van der Waals surface area contributed by atoms with Gasteiger partial charge in [-0.1, -0.05) is 133 Å². The smallest absolute Gasteiger partial charge is 0.174 e. The molecule has 202 valence electrons. The van der Waals surface area contributed by atoms with E-state index >= 15 is 9.13 Å². The van der Waals surface area contributed by atoms with Crippen LogP contribution in [0.4, 0.5) is 0 Å². The average Bonchev–Trinajstić information content (AvgIpc) is 3.06. The van der Waals surface area contributed by atoms with E-state index in [0.717, 1.165) is 27.6 Å². The molecule has 0 N–H and O–H groups in total. The molecule has 0 radical (unpaired) electrons. The molecular formula is C36H30O3P2. The molecule has 0 spiro atoms. The van der Waals surface area contributed by atoms with Gasteiger partial charge in [-0.05, 0) is 42.4 Å². The Bertz CT molecular complexity index is 1770. The maximum absolute atomic E-state index is 15.3. The quantitative estimate of drug-likeness (QED) is 0.179. The summed E-state index contributed by atoms with van der Waals surface area (Å²) in [6.07, 6.45) is 7.63. The van der Waals surface area contributed by atoms with Crippen molar-refractivity contribution in [3.8, 4) is 11.5 Å². The van der Waals surface area contributed by atoms with Gasteiger partial charge in [0, 0.05) is 15.9 Å². The van der Waals surface area contributed by atoms with Crippen molar-refractivity contribution in [3.63, 3.8) is 0 Å². The predicted molar refractivity (Wildman–Crippen MR) is 172 cm³/mol. The highest BCUT2D eigenvalue weighted by atomic mass is 31.2. The highest BCUT2D eigenvalue weighted by Crippen LogP contribution is 2.56. The van der Waals surface area contributed by atoms with E-state index in [-0.39, 0.29) is 0 Å². The molecule has 41 heavy (non-hydrogen) atoms. The summed E-state index contributed by atoms with van der Waals surface area (Å²) in [4.78, 5) is 0. The summed E-state index contributed by atoms with van der Waals surface area (Å²) in [7, 11) is -6.54. The van der Waals surface area contributed by atoms with Crippen molar-refractivity contribution >= 4 is 40.8 Å². The van der Waals surface area contributed by atoms with Gasteiger partial charge in [0.2, 0.25) is 0 Å². The molecule has 5 aromatic rings. The van der Waals surface area contributed by atoms with Crippen LogP contribution in [-0.4, -0.2) is 0 Å². The molecule has 1 aliphatic carbocycles. The van der Waals surface area contributed by atoms with Crippen LogP contribution < -0.4 is 31.3 Å². The number of hydrogen-bond acceptors (Lipinski definition) is 3. The van der Waals surface area contributed by atoms with Crippen molar-refractivity contribution in [2.45, 2.75) is 12.8 Å². The lowest BCUT2D eigenvalue weighted by atomic mass is 10.2. The van der Waals surface area contributed by atoms with E-state index in [1.807, 2.05) is 152 Å². The monoisotopic (exact) mass is 572 g/mol. The molecule has 0 fully saturated rings. The fourth-order valence-electron chi connectivity index (χ4n) is 5.38. The van der Waals surface area contributed by atoms with Crippen LogP contribution in [0.25, 0.3) is 0 Å². The van der Waals surface area contributed by atoms with Crippen LogP contribution in [0.1, 0.15) is 12.8 Å². The van der Waals surface area contributed by atoms with Gasteiger partial charge in [-0.3, -0.25) is 0 Å². The second kappa shape index (κ2) is 11.8. The molecule has 5 aromatic carbocycles. The third kappa shape index (κ3) is 5.08. The third-order valence-electron chi connectivity index (χ3n) is 7.38. The Morgan fingerprint density at radius 1 is 0.488 bits per heavy atom. The maximum Gasteiger partial charge on any atom is 0.174 e. The lowest BCUT2D eigenvalue weighted by molar-refractivity contribution is 0.489. The fraction of sp³-hybridized carbons (Fsp3) is 0.0556. The van der Waals surface area contributed by atoms with Crippen LogP contribution in [0.15, 0.2) is 163 Å². The Hall–Kier alpha value is -4.16. The van der Waals surface area contributed by atoms with Crippen molar-refractivity contribution in [2.75, 3.05) is 0 Å². The van der Waals surface area contributed by atoms with Crippen molar-refractivity contribution in [2.24, 2.45) is 0 Å². The highest BCUT2D eigenvalue weighted by Gasteiger charge is 2.36. The molecule has 1 atom stereocenters. The number of hydrogen-bond donors (Lipinski definition) is 0. The topological polar surface area (TPSA) is 43.4 Å². The van der Waals surface area contributed by atoms with Gasteiger partial charge in [-0.2, -0.15) is 0 Å². The molecule has 0 heterocycles. The van der Waals surface area contributed by atoms with Crippen LogP contribution in [-0.2, 0) is 9.13 Å². The van der Waals surface area contributed by atoms with Crippen LogP contribution >= 0.6 is 14.3 Å². The fourth-order valence-corrected chi connectivity index (χ4v) is 11.1. The van der Waals surface area contributed by atoms with E-state index in [2.05, 4.69) is 6.08 Å². The lowest BCUT2D eigenvalue weighted by Gasteiger charge is -2.26. The van der Waals surface area contributed by atoms with E-state index in [4.69, 9.17) is 4.74 Å². The largest absolute Gasteiger partial charge is 0.456 e. The van der Waals surface area contributed by atoms with E-state index in [1.54, 1.807) is 0 Å². The summed E-state index contributed by atoms with van der Waals surface area (Å²) in [5.74, 6) is 0.975. The normalized spacial score (nSPS) is 14.6. The first-order chi connectivity index (χ1) is 20.1. The van der Waals surface area contributed by atoms with Gasteiger partial charge in [0.25, 0.3) is 0 Å². The molecule has 3 nitrogen and oxygen atoms in total. The molecule has 0 saturated carbocycles. The SMILES string of the molecule is O=P(C1=CC=CCC1)(c1ccccc1)c1ccccc1Oc1ccccc1P(=O)(c1ccccc1)c1ccccc1. The second-order valence-corrected chi connectivity index (χ2v) is 15.4. The zero-order valence-corrected chi connectivity index (χ0v) is 24.3. The number of ether oxygens (including phenoxy) is 1. The van der Waals surface area contributed by atoms with E-state index in [0.29, 0.717) is 28.5 Å². The molecule has 1 unspecified atom stereocenters. The van der Waals surface area contributed by atoms with Gasteiger partial charge in [-0.25, -0.2) is 0 Å². The van der Waals surface area contributed by atoms with Crippen molar-refractivity contribution in [3.05, 3.63) is 163 Å². The molecule has 1 aliphatic rings. The van der Waals surface area contributed by atoms with Gasteiger partial charge in [0.15, 0.2) is 14.3 Å². The Labute approximate surface area is 241 Å². The summed E-state index contributed by atoms with van der Waals surface area (Å²) in [6, 6.07) is 43.8. The summed E-state index contributed by atoms with van der Waals surface area (Å²) in [5.41, 5.74) is 0. The van der Waals surface area contributed by atoms with E-state index < -0.39 is 14.3 Å². The van der Waals surface area contributed by atoms with Crippen LogP contribution in [0, 0.1) is 0 Å². The number of benzene rings is 5. The van der Waals surface area contributed by atoms with Gasteiger partial charge < -0.3 is 13.9 Å². The van der Waals surface area contributed by atoms with E-state index in [1.165, 1.54) is 0 Å². The summed E-state index contributed by atoms with van der Waals surface area (Å²) < 4.78 is 37.2. The first-order valence-electron chi connectivity index (χ1n) is 13.7. The Morgan fingerprint density at radius 3 is 1.37 bits per heavy atom. The summed E-state index contributed by atoms with van der Waals surface area (Å²) in [5, 5.41) is 4.35. The van der Waals surface area contributed by atoms with E-state index in [9.17, 15) is 0 Å². The zero-order chi connectivity index (χ0) is 28.1. The Morgan fingerprint density at radius 2 is 0.902 bits per heavy atom. The van der Waals surface area contributed by atoms with Gasteiger partial charge in [-0.15, -0.1) is 0 Å². The van der Waals surface area contributed by atoms with Crippen molar-refractivity contribution in [1.82, 2.24) is 0 Å². The molecule has 6 rings (SSSR count). The predicted octanol–water partition coefficient (Wildman–Crippen LogP) is 7.67.